The lowest BCUT2D eigenvalue weighted by atomic mass is 9.64. The number of ether oxygens (including phenoxy) is 2. The Balaban J connectivity index is 1.44. The third kappa shape index (κ3) is 3.40. The Hall–Kier alpha value is -3.74. The van der Waals surface area contributed by atoms with E-state index in [-0.39, 0.29) is 47.6 Å². The molecule has 1 aromatic heterocycles. The second-order valence-corrected chi connectivity index (χ2v) is 10.6. The Labute approximate surface area is 209 Å². The van der Waals surface area contributed by atoms with Gasteiger partial charge in [0.25, 0.3) is 0 Å². The maximum absolute atomic E-state index is 12.8. The molecule has 6 rings (SSSR count). The summed E-state index contributed by atoms with van der Waals surface area (Å²) in [5.41, 5.74) is 7.75. The number of carbonyl (C=O) groups is 3. The molecule has 1 amide bonds. The van der Waals surface area contributed by atoms with E-state index in [1.807, 2.05) is 36.5 Å². The molecule has 0 radical (unpaired) electrons. The monoisotopic (exact) mass is 484 g/mol. The van der Waals surface area contributed by atoms with Gasteiger partial charge in [-0.15, -0.1) is 0 Å². The molecular weight excluding hydrogens is 456 g/mol. The van der Waals surface area contributed by atoms with Crippen molar-refractivity contribution >= 4 is 28.4 Å². The van der Waals surface area contributed by atoms with Gasteiger partial charge in [0.1, 0.15) is 18.0 Å². The van der Waals surface area contributed by atoms with Gasteiger partial charge in [-0.3, -0.25) is 19.4 Å². The Bertz CT molecular complexity index is 1400. The number of benzene rings is 1. The molecule has 1 aliphatic heterocycles. The van der Waals surface area contributed by atoms with Gasteiger partial charge in [-0.1, -0.05) is 37.3 Å². The van der Waals surface area contributed by atoms with Crippen molar-refractivity contribution in [2.75, 3.05) is 0 Å². The molecule has 4 aliphatic rings. The quantitative estimate of drug-likeness (QED) is 0.662. The van der Waals surface area contributed by atoms with Crippen molar-refractivity contribution in [1.29, 1.82) is 0 Å². The van der Waals surface area contributed by atoms with Crippen LogP contribution in [0, 0.1) is 17.3 Å². The summed E-state index contributed by atoms with van der Waals surface area (Å²) in [5.74, 6) is -1.01. The normalized spacial score (nSPS) is 32.8. The van der Waals surface area contributed by atoms with Gasteiger partial charge in [0.05, 0.1) is 11.5 Å². The number of Topliss-reactive ketones (excluding diaryl/α,β-unsaturated/α-hetero) is 1. The van der Waals surface area contributed by atoms with Crippen LogP contribution < -0.4 is 5.73 Å². The van der Waals surface area contributed by atoms with Gasteiger partial charge in [-0.25, -0.2) is 0 Å². The number of primary amides is 1. The third-order valence-electron chi connectivity index (χ3n) is 8.47. The first-order chi connectivity index (χ1) is 17.3. The molecule has 7 heteroatoms. The topological polar surface area (TPSA) is 109 Å². The summed E-state index contributed by atoms with van der Waals surface area (Å²) in [7, 11) is 0. The molecule has 3 aliphatic carbocycles. The SMILES string of the molecule is CC(=O)OC1C[C@H]2[C@@H]3OC4=C(C=C3C=C[C@]2(C)[C@H]1c1cccc2cnccc12)C(=O)CC(C(N)=O)C4. The van der Waals surface area contributed by atoms with Crippen molar-refractivity contribution in [2.24, 2.45) is 23.0 Å². The van der Waals surface area contributed by atoms with Crippen molar-refractivity contribution in [3.8, 4) is 0 Å². The van der Waals surface area contributed by atoms with Gasteiger partial charge >= 0.3 is 5.97 Å². The minimum absolute atomic E-state index is 0.00157. The smallest absolute Gasteiger partial charge is 0.302 e. The Kier molecular flexibility index (Phi) is 5.14. The van der Waals surface area contributed by atoms with Crippen LogP contribution in [-0.4, -0.2) is 34.9 Å². The zero-order chi connectivity index (χ0) is 25.2. The molecule has 1 fully saturated rings. The van der Waals surface area contributed by atoms with E-state index >= 15 is 0 Å². The lowest BCUT2D eigenvalue weighted by Gasteiger charge is -2.44. The van der Waals surface area contributed by atoms with Gasteiger partial charge in [0.2, 0.25) is 5.91 Å². The summed E-state index contributed by atoms with van der Waals surface area (Å²) in [4.78, 5) is 41.1. The summed E-state index contributed by atoms with van der Waals surface area (Å²) < 4.78 is 12.5. The maximum Gasteiger partial charge on any atom is 0.302 e. The van der Waals surface area contributed by atoms with Crippen LogP contribution in [0.25, 0.3) is 10.8 Å². The van der Waals surface area contributed by atoms with Crippen LogP contribution in [0.2, 0.25) is 0 Å². The number of fused-ring (bicyclic) bond motifs is 4. The van der Waals surface area contributed by atoms with Crippen LogP contribution in [-0.2, 0) is 23.9 Å². The van der Waals surface area contributed by atoms with Crippen LogP contribution in [0.15, 0.2) is 71.8 Å². The van der Waals surface area contributed by atoms with Crippen LogP contribution in [0.5, 0.6) is 0 Å². The average molecular weight is 485 g/mol. The van der Waals surface area contributed by atoms with E-state index in [0.29, 0.717) is 24.2 Å². The largest absolute Gasteiger partial charge is 0.489 e. The lowest BCUT2D eigenvalue weighted by molar-refractivity contribution is -0.147. The standard InChI is InChI=1S/C29H28N2O5/c1-15(32)35-25-13-22-27-16(10-21-23(33)11-18(28(30)34)12-24(21)36-27)6-8-29(22,2)26(25)20-5-3-4-17-14-31-9-7-19(17)20/h3-10,14,18,22,25-27H,11-13H2,1-2H3,(H2,30,34)/t18?,22-,25?,26-,27+,29-/m0/s1. The predicted molar refractivity (Wildman–Crippen MR) is 132 cm³/mol. The molecular formula is C29H28N2O5. The second kappa shape index (κ2) is 8.15. The first-order valence-electron chi connectivity index (χ1n) is 12.4. The Morgan fingerprint density at radius 1 is 1.22 bits per heavy atom. The van der Waals surface area contributed by atoms with Crippen LogP contribution >= 0.6 is 0 Å². The number of amides is 1. The molecule has 0 saturated heterocycles. The highest BCUT2D eigenvalue weighted by Gasteiger charge is 2.58. The number of nitrogens with two attached hydrogens (primary N) is 1. The number of esters is 1. The van der Waals surface area contributed by atoms with Gasteiger partial charge in [0, 0.05) is 54.8 Å². The zero-order valence-electron chi connectivity index (χ0n) is 20.3. The Morgan fingerprint density at radius 2 is 2.06 bits per heavy atom. The number of nitrogens with zero attached hydrogens (tertiary/aromatic N) is 1. The first kappa shape index (κ1) is 22.7. The molecule has 1 saturated carbocycles. The van der Waals surface area contributed by atoms with Crippen LogP contribution in [0.3, 0.4) is 0 Å². The third-order valence-corrected chi connectivity index (χ3v) is 8.47. The van der Waals surface area contributed by atoms with Crippen LogP contribution in [0.4, 0.5) is 0 Å². The molecule has 0 spiro atoms. The molecule has 0 bridgehead atoms. The van der Waals surface area contributed by atoms with Crippen molar-refractivity contribution in [1.82, 2.24) is 4.98 Å². The number of pyridine rings is 1. The second-order valence-electron chi connectivity index (χ2n) is 10.6. The minimum atomic E-state index is -0.550. The van der Waals surface area contributed by atoms with E-state index in [4.69, 9.17) is 15.2 Å². The summed E-state index contributed by atoms with van der Waals surface area (Å²) in [6.07, 6.45) is 10.2. The van der Waals surface area contributed by atoms with Gasteiger partial charge in [-0.05, 0) is 35.1 Å². The molecule has 2 N–H and O–H groups in total. The molecule has 184 valence electrons. The van der Waals surface area contributed by atoms with Gasteiger partial charge in [-0.2, -0.15) is 0 Å². The fraction of sp³-hybridized carbons (Fsp3) is 0.379. The molecule has 6 atom stereocenters. The van der Waals surface area contributed by atoms with Crippen molar-refractivity contribution in [3.05, 3.63) is 77.4 Å². The molecule has 2 unspecified atom stereocenters. The highest BCUT2D eigenvalue weighted by atomic mass is 16.5. The van der Waals surface area contributed by atoms with Crippen molar-refractivity contribution in [2.45, 2.75) is 51.2 Å². The number of hydrogen-bond donors (Lipinski definition) is 1. The predicted octanol–water partition coefficient (Wildman–Crippen LogP) is 3.89. The van der Waals surface area contributed by atoms with E-state index in [1.165, 1.54) is 6.92 Å². The number of hydrogen-bond acceptors (Lipinski definition) is 6. The number of allylic oxidation sites excluding steroid dienone is 4. The maximum atomic E-state index is 12.8. The van der Waals surface area contributed by atoms with Gasteiger partial charge in [0.15, 0.2) is 5.78 Å². The van der Waals surface area contributed by atoms with Crippen molar-refractivity contribution < 1.29 is 23.9 Å². The fourth-order valence-corrected chi connectivity index (χ4v) is 6.80. The summed E-state index contributed by atoms with van der Waals surface area (Å²) in [5, 5.41) is 2.12. The summed E-state index contributed by atoms with van der Waals surface area (Å²) in [6.45, 7) is 3.64. The highest BCUT2D eigenvalue weighted by Crippen LogP contribution is 2.61. The zero-order valence-corrected chi connectivity index (χ0v) is 20.3. The van der Waals surface area contributed by atoms with E-state index in [9.17, 15) is 14.4 Å². The van der Waals surface area contributed by atoms with E-state index in [1.54, 1.807) is 6.20 Å². The first-order valence-corrected chi connectivity index (χ1v) is 12.4. The molecule has 7 nitrogen and oxygen atoms in total. The Morgan fingerprint density at radius 3 is 2.83 bits per heavy atom. The number of rotatable bonds is 3. The highest BCUT2D eigenvalue weighted by molar-refractivity contribution is 6.02. The molecule has 2 heterocycles. The number of carbonyl (C=O) groups excluding carboxylic acids is 3. The van der Waals surface area contributed by atoms with Gasteiger partial charge < -0.3 is 15.2 Å². The fourth-order valence-electron chi connectivity index (χ4n) is 6.80. The molecule has 1 aromatic carbocycles. The van der Waals surface area contributed by atoms with Crippen LogP contribution in [0.1, 0.15) is 44.6 Å². The number of aromatic nitrogens is 1. The summed E-state index contributed by atoms with van der Waals surface area (Å²) in [6, 6.07) is 8.17. The lowest BCUT2D eigenvalue weighted by Crippen LogP contribution is -2.42. The van der Waals surface area contributed by atoms with E-state index < -0.39 is 11.8 Å². The van der Waals surface area contributed by atoms with Crippen molar-refractivity contribution in [3.63, 3.8) is 0 Å². The molecule has 2 aromatic rings. The minimum Gasteiger partial charge on any atom is -0.489 e. The van der Waals surface area contributed by atoms with E-state index in [0.717, 1.165) is 21.9 Å². The number of ketones is 1. The van der Waals surface area contributed by atoms with E-state index in [2.05, 4.69) is 24.1 Å². The average Bonchev–Trinajstić information content (AvgIpc) is 3.14. The summed E-state index contributed by atoms with van der Waals surface area (Å²) >= 11 is 0. The molecule has 36 heavy (non-hydrogen) atoms.